The molecule has 0 aliphatic heterocycles. The fourth-order valence-corrected chi connectivity index (χ4v) is 0.780. The van der Waals surface area contributed by atoms with Gasteiger partial charge in [0.2, 0.25) is 0 Å². The van der Waals surface area contributed by atoms with Gasteiger partial charge in [-0.15, -0.1) is 11.6 Å². The zero-order valence-electron chi connectivity index (χ0n) is 3.72. The van der Waals surface area contributed by atoms with Gasteiger partial charge in [0.25, 0.3) is 0 Å². The Morgan fingerprint density at radius 3 is 2.57 bits per heavy atom. The van der Waals surface area contributed by atoms with E-state index in [0.717, 1.165) is 0 Å². The number of alkyl halides is 1. The largest absolute Gasteiger partial charge is 0.387 e. The number of hydrogen-bond acceptors (Lipinski definition) is 2. The van der Waals surface area contributed by atoms with Crippen LogP contribution in [0.5, 0.6) is 0 Å². The van der Waals surface area contributed by atoms with Gasteiger partial charge in [-0.1, -0.05) is 4.57 Å². The van der Waals surface area contributed by atoms with E-state index in [-0.39, 0.29) is 5.88 Å². The van der Waals surface area contributed by atoms with Crippen molar-refractivity contribution in [3.05, 3.63) is 0 Å². The van der Waals surface area contributed by atoms with E-state index in [9.17, 15) is 4.57 Å². The van der Waals surface area contributed by atoms with Crippen LogP contribution in [0, 0.1) is 0 Å². The summed E-state index contributed by atoms with van der Waals surface area (Å²) in [5, 5.41) is 8.53. The minimum atomic E-state index is -0.586. The summed E-state index contributed by atoms with van der Waals surface area (Å²) in [5.41, 5.74) is 0. The van der Waals surface area contributed by atoms with Gasteiger partial charge in [-0.25, -0.2) is 0 Å². The van der Waals surface area contributed by atoms with E-state index in [1.807, 2.05) is 0 Å². The SMILES string of the molecule is O=[PH+]CC(O)CCl. The fraction of sp³-hybridized carbons (Fsp3) is 1.00. The van der Waals surface area contributed by atoms with Crippen molar-refractivity contribution < 1.29 is 9.67 Å². The summed E-state index contributed by atoms with van der Waals surface area (Å²) in [6, 6.07) is 0. The molecule has 0 aromatic rings. The van der Waals surface area contributed by atoms with Gasteiger partial charge in [-0.05, 0) is 0 Å². The van der Waals surface area contributed by atoms with Gasteiger partial charge in [-0.3, -0.25) is 0 Å². The molecule has 0 rings (SSSR count). The van der Waals surface area contributed by atoms with Crippen molar-refractivity contribution in [2.45, 2.75) is 6.10 Å². The monoisotopic (exact) mass is 141 g/mol. The van der Waals surface area contributed by atoms with Gasteiger partial charge in [0, 0.05) is 0 Å². The fourth-order valence-electron chi connectivity index (χ4n) is 0.151. The molecule has 7 heavy (non-hydrogen) atoms. The Hall–Kier alpha value is 0.350. The molecule has 1 N–H and O–H groups in total. The van der Waals surface area contributed by atoms with Crippen molar-refractivity contribution in [2.24, 2.45) is 0 Å². The van der Waals surface area contributed by atoms with E-state index in [4.69, 9.17) is 16.7 Å². The molecule has 0 bridgehead atoms. The summed E-state index contributed by atoms with van der Waals surface area (Å²) < 4.78 is 9.71. The Balaban J connectivity index is 2.98. The Kier molecular flexibility index (Phi) is 4.73. The van der Waals surface area contributed by atoms with E-state index in [1.54, 1.807) is 0 Å². The first-order chi connectivity index (χ1) is 3.31. The summed E-state index contributed by atoms with van der Waals surface area (Å²) in [6.07, 6.45) is -0.291. The molecule has 0 radical (unpaired) electrons. The number of aliphatic hydroxyl groups is 1. The molecule has 0 heterocycles. The molecule has 0 fully saturated rings. The molecule has 2 atom stereocenters. The Morgan fingerprint density at radius 2 is 2.43 bits per heavy atom. The Labute approximate surface area is 48.7 Å². The predicted molar refractivity (Wildman–Crippen MR) is 30.6 cm³/mol. The molecule has 42 valence electrons. The van der Waals surface area contributed by atoms with E-state index >= 15 is 0 Å². The highest BCUT2D eigenvalue weighted by Crippen LogP contribution is 1.96. The van der Waals surface area contributed by atoms with Crippen LogP contribution >= 0.6 is 20.1 Å². The second kappa shape index (κ2) is 4.51. The average molecular weight is 142 g/mol. The first-order valence-electron chi connectivity index (χ1n) is 1.90. The van der Waals surface area contributed by atoms with E-state index < -0.39 is 14.6 Å². The number of aliphatic hydroxyl groups excluding tert-OH is 1. The van der Waals surface area contributed by atoms with Crippen LogP contribution in [0.1, 0.15) is 0 Å². The lowest BCUT2D eigenvalue weighted by Crippen LogP contribution is -2.08. The van der Waals surface area contributed by atoms with Crippen LogP contribution in [0.25, 0.3) is 0 Å². The summed E-state index contributed by atoms with van der Waals surface area (Å²) >= 11 is 5.15. The molecule has 0 aliphatic rings. The zero-order chi connectivity index (χ0) is 5.70. The van der Waals surface area contributed by atoms with Crippen LogP contribution in [-0.4, -0.2) is 23.3 Å². The van der Waals surface area contributed by atoms with Crippen molar-refractivity contribution in [3.63, 3.8) is 0 Å². The normalized spacial score (nSPS) is 14.6. The van der Waals surface area contributed by atoms with E-state index in [0.29, 0.717) is 6.16 Å². The van der Waals surface area contributed by atoms with Crippen LogP contribution in [0.15, 0.2) is 0 Å². The Bertz CT molecular complexity index is 58.9. The van der Waals surface area contributed by atoms with Crippen molar-refractivity contribution in [1.29, 1.82) is 0 Å². The van der Waals surface area contributed by atoms with Crippen molar-refractivity contribution in [2.75, 3.05) is 12.0 Å². The minimum Gasteiger partial charge on any atom is -0.387 e. The molecule has 0 aromatic heterocycles. The summed E-state index contributed by atoms with van der Waals surface area (Å²) in [6.45, 7) is 0. The minimum absolute atomic E-state index is 0.176. The molecule has 0 aliphatic carbocycles. The molecular weight excluding hydrogens is 134 g/mol. The van der Waals surface area contributed by atoms with Gasteiger partial charge in [0.15, 0.2) is 6.16 Å². The molecule has 0 spiro atoms. The second-order valence-corrected chi connectivity index (χ2v) is 2.16. The highest BCUT2D eigenvalue weighted by molar-refractivity contribution is 7.23. The molecule has 0 saturated heterocycles. The summed E-state index contributed by atoms with van der Waals surface area (Å²) in [7, 11) is -0.440. The van der Waals surface area contributed by atoms with Gasteiger partial charge in [0.05, 0.1) is 5.88 Å². The van der Waals surface area contributed by atoms with Gasteiger partial charge < -0.3 is 5.11 Å². The lowest BCUT2D eigenvalue weighted by Gasteiger charge is -1.90. The first-order valence-corrected chi connectivity index (χ1v) is 3.55. The third-order valence-electron chi connectivity index (χ3n) is 0.497. The van der Waals surface area contributed by atoms with Gasteiger partial charge >= 0.3 is 8.46 Å². The summed E-state index contributed by atoms with van der Waals surface area (Å²) in [5.74, 6) is 0.176. The van der Waals surface area contributed by atoms with Crippen molar-refractivity contribution in [1.82, 2.24) is 0 Å². The third kappa shape index (κ3) is 4.20. The molecule has 2 unspecified atom stereocenters. The van der Waals surface area contributed by atoms with E-state index in [1.165, 1.54) is 0 Å². The smallest absolute Gasteiger partial charge is 0.327 e. The molecular formula is C3H7ClO2P+. The molecule has 0 amide bonds. The predicted octanol–water partition coefficient (Wildman–Crippen LogP) is 0.610. The molecule has 4 heteroatoms. The molecule has 0 aromatic carbocycles. The highest BCUT2D eigenvalue weighted by Gasteiger charge is 2.03. The summed E-state index contributed by atoms with van der Waals surface area (Å²) in [4.78, 5) is 0. The maximum absolute atomic E-state index is 9.71. The lowest BCUT2D eigenvalue weighted by atomic mass is 10.5. The van der Waals surface area contributed by atoms with Crippen LogP contribution in [0.2, 0.25) is 0 Å². The van der Waals surface area contributed by atoms with Crippen LogP contribution in [0.4, 0.5) is 0 Å². The second-order valence-electron chi connectivity index (χ2n) is 1.16. The Morgan fingerprint density at radius 1 is 1.86 bits per heavy atom. The van der Waals surface area contributed by atoms with Crippen LogP contribution < -0.4 is 0 Å². The molecule has 2 nitrogen and oxygen atoms in total. The number of halogens is 1. The van der Waals surface area contributed by atoms with E-state index in [2.05, 4.69) is 0 Å². The zero-order valence-corrected chi connectivity index (χ0v) is 5.48. The van der Waals surface area contributed by atoms with Crippen molar-refractivity contribution in [3.8, 4) is 0 Å². The lowest BCUT2D eigenvalue weighted by molar-refractivity contribution is 0.222. The standard InChI is InChI=1S/C3H6ClO2P/c4-1-3(5)2-7-6/h3,5H,1-2H2/p+1. The topological polar surface area (TPSA) is 37.3 Å². The number of rotatable bonds is 3. The van der Waals surface area contributed by atoms with Gasteiger partial charge in [-0.2, -0.15) is 0 Å². The van der Waals surface area contributed by atoms with Crippen LogP contribution in [-0.2, 0) is 4.57 Å². The van der Waals surface area contributed by atoms with Gasteiger partial charge in [0.1, 0.15) is 6.10 Å². The maximum Gasteiger partial charge on any atom is 0.327 e. The third-order valence-corrected chi connectivity index (χ3v) is 1.49. The maximum atomic E-state index is 9.71. The van der Waals surface area contributed by atoms with Crippen LogP contribution in [0.3, 0.4) is 0 Å². The highest BCUT2D eigenvalue weighted by atomic mass is 35.5. The average Bonchev–Trinajstić information content (AvgIpc) is 1.68. The molecule has 0 saturated carbocycles. The first kappa shape index (κ1) is 7.35. The number of hydrogen-bond donors (Lipinski definition) is 1. The quantitative estimate of drug-likeness (QED) is 0.462. The van der Waals surface area contributed by atoms with Crippen molar-refractivity contribution >= 4 is 20.1 Å².